The third kappa shape index (κ3) is 3.81. The van der Waals surface area contributed by atoms with Gasteiger partial charge in [0, 0.05) is 12.6 Å². The molecule has 1 saturated heterocycles. The van der Waals surface area contributed by atoms with Crippen LogP contribution in [-0.4, -0.2) is 42.3 Å². The maximum atomic E-state index is 10.1. The highest BCUT2D eigenvalue weighted by Gasteiger charge is 2.34. The highest BCUT2D eigenvalue weighted by atomic mass is 16.3. The summed E-state index contributed by atoms with van der Waals surface area (Å²) < 4.78 is 0. The van der Waals surface area contributed by atoms with Crippen molar-refractivity contribution >= 4 is 0 Å². The van der Waals surface area contributed by atoms with E-state index in [2.05, 4.69) is 48.3 Å². The van der Waals surface area contributed by atoms with Crippen molar-refractivity contribution in [1.82, 2.24) is 10.2 Å². The Kier molecular flexibility index (Phi) is 5.58. The Hall–Kier alpha value is -0.900. The number of aliphatic hydroxyl groups excluding tert-OH is 1. The van der Waals surface area contributed by atoms with E-state index in [1.165, 1.54) is 24.8 Å². The Morgan fingerprint density at radius 3 is 2.35 bits per heavy atom. The second kappa shape index (κ2) is 7.21. The summed E-state index contributed by atoms with van der Waals surface area (Å²) in [7, 11) is 0. The van der Waals surface area contributed by atoms with Crippen molar-refractivity contribution in [2.75, 3.05) is 26.2 Å². The van der Waals surface area contributed by atoms with Crippen LogP contribution in [0.4, 0.5) is 0 Å². The van der Waals surface area contributed by atoms with Crippen molar-refractivity contribution in [2.45, 2.75) is 44.7 Å². The molecule has 3 nitrogen and oxygen atoms in total. The maximum absolute atomic E-state index is 10.1. The predicted octanol–water partition coefficient (Wildman–Crippen LogP) is 2.36. The third-order valence-corrected chi connectivity index (χ3v) is 4.10. The van der Waals surface area contributed by atoms with Gasteiger partial charge in [-0.2, -0.15) is 0 Å². The summed E-state index contributed by atoms with van der Waals surface area (Å²) in [6, 6.07) is 10.7. The molecule has 1 unspecified atom stereocenters. The van der Waals surface area contributed by atoms with E-state index in [1.54, 1.807) is 0 Å². The van der Waals surface area contributed by atoms with E-state index in [9.17, 15) is 5.11 Å². The van der Waals surface area contributed by atoms with Gasteiger partial charge < -0.3 is 15.3 Å². The number of nitrogens with zero attached hydrogens (tertiary/aromatic N) is 1. The summed E-state index contributed by atoms with van der Waals surface area (Å²) in [5, 5.41) is 13.7. The second-order valence-corrected chi connectivity index (χ2v) is 6.24. The highest BCUT2D eigenvalue weighted by molar-refractivity contribution is 5.25. The van der Waals surface area contributed by atoms with Crippen LogP contribution in [0.3, 0.4) is 0 Å². The number of hydrogen-bond acceptors (Lipinski definition) is 3. The normalized spacial score (nSPS) is 20.0. The van der Waals surface area contributed by atoms with E-state index in [0.29, 0.717) is 6.04 Å². The third-order valence-electron chi connectivity index (χ3n) is 4.10. The molecule has 0 saturated carbocycles. The molecule has 1 atom stereocenters. The Labute approximate surface area is 123 Å². The Bertz CT molecular complexity index is 387. The Balaban J connectivity index is 2.22. The number of rotatable bonds is 6. The van der Waals surface area contributed by atoms with Gasteiger partial charge in [-0.05, 0) is 45.3 Å². The lowest BCUT2D eigenvalue weighted by molar-refractivity contribution is 0.0893. The molecule has 20 heavy (non-hydrogen) atoms. The van der Waals surface area contributed by atoms with Crippen LogP contribution in [0.2, 0.25) is 0 Å². The van der Waals surface area contributed by atoms with E-state index in [4.69, 9.17) is 0 Å². The van der Waals surface area contributed by atoms with E-state index in [1.807, 2.05) is 6.07 Å². The molecule has 0 radical (unpaired) electrons. The van der Waals surface area contributed by atoms with Gasteiger partial charge in [-0.25, -0.2) is 0 Å². The summed E-state index contributed by atoms with van der Waals surface area (Å²) >= 11 is 0. The van der Waals surface area contributed by atoms with Crippen LogP contribution in [0.15, 0.2) is 30.3 Å². The van der Waals surface area contributed by atoms with E-state index >= 15 is 0 Å². The zero-order chi connectivity index (χ0) is 14.4. The van der Waals surface area contributed by atoms with Crippen LogP contribution >= 0.6 is 0 Å². The molecule has 2 N–H and O–H groups in total. The zero-order valence-electron chi connectivity index (χ0n) is 12.8. The molecule has 1 aromatic carbocycles. The fourth-order valence-corrected chi connectivity index (χ4v) is 3.22. The lowest BCUT2D eigenvalue weighted by Crippen LogP contribution is -2.56. The van der Waals surface area contributed by atoms with Crippen LogP contribution in [0.1, 0.15) is 38.7 Å². The summed E-state index contributed by atoms with van der Waals surface area (Å²) in [5.41, 5.74) is 0.828. The molecule has 0 aliphatic carbocycles. The van der Waals surface area contributed by atoms with Gasteiger partial charge in [0.25, 0.3) is 0 Å². The Morgan fingerprint density at radius 2 is 1.80 bits per heavy atom. The second-order valence-electron chi connectivity index (χ2n) is 6.24. The predicted molar refractivity (Wildman–Crippen MR) is 83.8 cm³/mol. The molecule has 0 aromatic heterocycles. The molecule has 1 heterocycles. The summed E-state index contributed by atoms with van der Waals surface area (Å²) in [6.45, 7) is 7.59. The van der Waals surface area contributed by atoms with Gasteiger partial charge in [-0.3, -0.25) is 0 Å². The van der Waals surface area contributed by atoms with Gasteiger partial charge >= 0.3 is 0 Å². The van der Waals surface area contributed by atoms with Gasteiger partial charge in [0.1, 0.15) is 0 Å². The minimum Gasteiger partial charge on any atom is -0.394 e. The molecule has 1 fully saturated rings. The first kappa shape index (κ1) is 15.5. The molecular formula is C17H28N2O. The summed E-state index contributed by atoms with van der Waals surface area (Å²) in [6.07, 6.45) is 3.89. The van der Waals surface area contributed by atoms with Crippen molar-refractivity contribution in [2.24, 2.45) is 0 Å². The number of likely N-dealkylation sites (tertiary alicyclic amines) is 1. The van der Waals surface area contributed by atoms with Crippen molar-refractivity contribution in [3.05, 3.63) is 35.9 Å². The maximum Gasteiger partial charge on any atom is 0.0799 e. The average Bonchev–Trinajstić information content (AvgIpc) is 2.48. The molecule has 3 heteroatoms. The van der Waals surface area contributed by atoms with Crippen LogP contribution in [0, 0.1) is 0 Å². The molecule has 0 spiro atoms. The Morgan fingerprint density at radius 1 is 1.15 bits per heavy atom. The monoisotopic (exact) mass is 276 g/mol. The lowest BCUT2D eigenvalue weighted by atomic mass is 9.88. The van der Waals surface area contributed by atoms with Crippen molar-refractivity contribution in [3.8, 4) is 0 Å². The van der Waals surface area contributed by atoms with Crippen molar-refractivity contribution < 1.29 is 5.11 Å². The number of hydrogen-bond donors (Lipinski definition) is 2. The minimum absolute atomic E-state index is 0.131. The SMILES string of the molecule is CC(C)NC(CO)(CN1CCCCC1)c1ccccc1. The van der Waals surface area contributed by atoms with Gasteiger partial charge in [-0.1, -0.05) is 36.8 Å². The summed E-state index contributed by atoms with van der Waals surface area (Å²) in [4.78, 5) is 2.49. The zero-order valence-corrected chi connectivity index (χ0v) is 12.8. The van der Waals surface area contributed by atoms with Crippen LogP contribution < -0.4 is 5.32 Å². The van der Waals surface area contributed by atoms with Crippen molar-refractivity contribution in [1.29, 1.82) is 0 Å². The molecule has 1 aliphatic rings. The van der Waals surface area contributed by atoms with Crippen molar-refractivity contribution in [3.63, 3.8) is 0 Å². The van der Waals surface area contributed by atoms with E-state index < -0.39 is 0 Å². The first-order valence-corrected chi connectivity index (χ1v) is 7.83. The number of nitrogens with one attached hydrogen (secondary N) is 1. The van der Waals surface area contributed by atoms with Crippen LogP contribution in [-0.2, 0) is 5.54 Å². The van der Waals surface area contributed by atoms with Crippen LogP contribution in [0.5, 0.6) is 0 Å². The van der Waals surface area contributed by atoms with Gasteiger partial charge in [-0.15, -0.1) is 0 Å². The molecule has 0 amide bonds. The fraction of sp³-hybridized carbons (Fsp3) is 0.647. The first-order chi connectivity index (χ1) is 9.66. The standard InChI is InChI=1S/C17H28N2O/c1-15(2)18-17(14-20,16-9-5-3-6-10-16)13-19-11-7-4-8-12-19/h3,5-6,9-10,15,18,20H,4,7-8,11-14H2,1-2H3. The van der Waals surface area contributed by atoms with E-state index in [0.717, 1.165) is 19.6 Å². The topological polar surface area (TPSA) is 35.5 Å². The molecule has 0 bridgehead atoms. The molecule has 1 aromatic rings. The molecule has 112 valence electrons. The number of benzene rings is 1. The average molecular weight is 276 g/mol. The number of piperidine rings is 1. The van der Waals surface area contributed by atoms with E-state index in [-0.39, 0.29) is 12.1 Å². The molecule has 2 rings (SSSR count). The number of aliphatic hydroxyl groups is 1. The summed E-state index contributed by atoms with van der Waals surface area (Å²) in [5.74, 6) is 0. The highest BCUT2D eigenvalue weighted by Crippen LogP contribution is 2.24. The van der Waals surface area contributed by atoms with Gasteiger partial charge in [0.05, 0.1) is 12.1 Å². The molecule has 1 aliphatic heterocycles. The smallest absolute Gasteiger partial charge is 0.0799 e. The quantitative estimate of drug-likeness (QED) is 0.837. The first-order valence-electron chi connectivity index (χ1n) is 7.83. The fourth-order valence-electron chi connectivity index (χ4n) is 3.22. The minimum atomic E-state index is -0.354. The van der Waals surface area contributed by atoms with Gasteiger partial charge in [0.2, 0.25) is 0 Å². The van der Waals surface area contributed by atoms with Crippen LogP contribution in [0.25, 0.3) is 0 Å². The van der Waals surface area contributed by atoms with Gasteiger partial charge in [0.15, 0.2) is 0 Å². The lowest BCUT2D eigenvalue weighted by Gasteiger charge is -2.41. The molecular weight excluding hydrogens is 248 g/mol. The largest absolute Gasteiger partial charge is 0.394 e.